The third kappa shape index (κ3) is 2.37. The highest BCUT2D eigenvalue weighted by atomic mass is 16.2. The van der Waals surface area contributed by atoms with Crippen molar-refractivity contribution in [3.63, 3.8) is 0 Å². The molecule has 0 unspecified atom stereocenters. The lowest BCUT2D eigenvalue weighted by molar-refractivity contribution is -0.136. The van der Waals surface area contributed by atoms with Crippen LogP contribution in [-0.4, -0.2) is 52.4 Å². The number of hydrogen-bond donors (Lipinski definition) is 0. The Morgan fingerprint density at radius 2 is 2.21 bits per heavy atom. The zero-order valence-corrected chi connectivity index (χ0v) is 14.2. The predicted octanol–water partition coefficient (Wildman–Crippen LogP) is 0.882. The molecule has 24 heavy (non-hydrogen) atoms. The molecule has 2 aliphatic rings. The van der Waals surface area contributed by atoms with E-state index in [1.807, 2.05) is 6.92 Å². The molecular formula is C18H23N3O3. The minimum atomic E-state index is -0.515. The lowest BCUT2D eigenvalue weighted by Crippen LogP contribution is -2.41. The normalized spacial score (nSPS) is 26.4. The summed E-state index contributed by atoms with van der Waals surface area (Å²) in [6.07, 6.45) is 4.10. The van der Waals surface area contributed by atoms with Gasteiger partial charge in [0.2, 0.25) is 5.91 Å². The number of hydrogen-bond acceptors (Lipinski definition) is 3. The van der Waals surface area contributed by atoms with Crippen molar-refractivity contribution in [3.05, 3.63) is 46.9 Å². The summed E-state index contributed by atoms with van der Waals surface area (Å²) in [6, 6.07) is 3.25. The number of rotatable bonds is 3. The highest BCUT2D eigenvalue weighted by molar-refractivity contribution is 5.95. The molecule has 0 radical (unpaired) electrons. The van der Waals surface area contributed by atoms with Gasteiger partial charge in [0, 0.05) is 39.4 Å². The van der Waals surface area contributed by atoms with E-state index in [2.05, 4.69) is 6.58 Å². The maximum atomic E-state index is 12.8. The summed E-state index contributed by atoms with van der Waals surface area (Å²) in [7, 11) is 1.63. The zero-order valence-electron chi connectivity index (χ0n) is 14.2. The van der Waals surface area contributed by atoms with E-state index in [-0.39, 0.29) is 28.9 Å². The number of carbonyl (C=O) groups is 2. The maximum absolute atomic E-state index is 12.8. The van der Waals surface area contributed by atoms with Crippen LogP contribution in [0.1, 0.15) is 23.7 Å². The Bertz CT molecular complexity index is 754. The molecule has 6 heteroatoms. The van der Waals surface area contributed by atoms with E-state index in [0.29, 0.717) is 26.2 Å². The van der Waals surface area contributed by atoms with Crippen LogP contribution in [0, 0.1) is 11.3 Å². The minimum Gasteiger partial charge on any atom is -0.338 e. The molecule has 0 bridgehead atoms. The molecular weight excluding hydrogens is 306 g/mol. The molecule has 0 aromatic carbocycles. The van der Waals surface area contributed by atoms with Gasteiger partial charge >= 0.3 is 0 Å². The number of nitrogens with zero attached hydrogens (tertiary/aromatic N) is 3. The molecule has 128 valence electrons. The maximum Gasteiger partial charge on any atom is 0.263 e. The number of pyridine rings is 1. The van der Waals surface area contributed by atoms with Crippen LogP contribution in [0.25, 0.3) is 0 Å². The van der Waals surface area contributed by atoms with E-state index < -0.39 is 5.41 Å². The van der Waals surface area contributed by atoms with Crippen molar-refractivity contribution in [2.24, 2.45) is 18.4 Å². The second-order valence-corrected chi connectivity index (χ2v) is 6.87. The van der Waals surface area contributed by atoms with Gasteiger partial charge in [0.1, 0.15) is 5.56 Å². The Labute approximate surface area is 141 Å². The Hall–Kier alpha value is -2.37. The van der Waals surface area contributed by atoms with E-state index in [9.17, 15) is 14.4 Å². The van der Waals surface area contributed by atoms with Crippen LogP contribution >= 0.6 is 0 Å². The smallest absolute Gasteiger partial charge is 0.263 e. The van der Waals surface area contributed by atoms with Crippen molar-refractivity contribution < 1.29 is 9.59 Å². The van der Waals surface area contributed by atoms with E-state index in [4.69, 9.17) is 0 Å². The molecule has 1 spiro atoms. The van der Waals surface area contributed by atoms with Gasteiger partial charge in [-0.3, -0.25) is 14.4 Å². The first-order valence-electron chi connectivity index (χ1n) is 8.26. The molecule has 0 saturated carbocycles. The van der Waals surface area contributed by atoms with Crippen molar-refractivity contribution >= 4 is 11.8 Å². The van der Waals surface area contributed by atoms with Gasteiger partial charge in [-0.1, -0.05) is 13.0 Å². The van der Waals surface area contributed by atoms with E-state index in [1.165, 1.54) is 4.57 Å². The number of aromatic nitrogens is 1. The van der Waals surface area contributed by atoms with Gasteiger partial charge in [0.25, 0.3) is 11.5 Å². The first-order valence-corrected chi connectivity index (χ1v) is 8.26. The van der Waals surface area contributed by atoms with Gasteiger partial charge in [-0.2, -0.15) is 0 Å². The van der Waals surface area contributed by atoms with Crippen molar-refractivity contribution in [1.82, 2.24) is 14.4 Å². The summed E-state index contributed by atoms with van der Waals surface area (Å²) in [6.45, 7) is 7.85. The van der Waals surface area contributed by atoms with Crippen LogP contribution in [0.3, 0.4) is 0 Å². The van der Waals surface area contributed by atoms with Gasteiger partial charge in [-0.25, -0.2) is 0 Å². The topological polar surface area (TPSA) is 62.6 Å². The van der Waals surface area contributed by atoms with E-state index >= 15 is 0 Å². The summed E-state index contributed by atoms with van der Waals surface area (Å²) in [5.41, 5.74) is -0.654. The van der Waals surface area contributed by atoms with Crippen molar-refractivity contribution in [2.45, 2.75) is 13.3 Å². The average Bonchev–Trinajstić information content (AvgIpc) is 3.05. The second kappa shape index (κ2) is 5.92. The lowest BCUT2D eigenvalue weighted by Gasteiger charge is -2.26. The molecule has 2 aliphatic heterocycles. The zero-order chi connectivity index (χ0) is 17.5. The Morgan fingerprint density at radius 1 is 1.46 bits per heavy atom. The van der Waals surface area contributed by atoms with Crippen LogP contribution in [0.15, 0.2) is 35.8 Å². The number of amides is 2. The van der Waals surface area contributed by atoms with Crippen LogP contribution < -0.4 is 5.56 Å². The molecule has 1 aromatic heterocycles. The number of aryl methyl sites for hydroxylation is 1. The lowest BCUT2D eigenvalue weighted by atomic mass is 9.78. The van der Waals surface area contributed by atoms with Crippen LogP contribution in [-0.2, 0) is 11.8 Å². The monoisotopic (exact) mass is 329 g/mol. The van der Waals surface area contributed by atoms with E-state index in [0.717, 1.165) is 6.42 Å². The van der Waals surface area contributed by atoms with Gasteiger partial charge in [0.05, 0.1) is 5.41 Å². The standard InChI is InChI=1S/C18H23N3O3/c1-4-8-20-10-7-18(17(20)24)12-21(11-13(18)2)16(23)14-6-5-9-19(3)15(14)22/h4-6,9,13H,1,7-8,10-12H2,2-3H3/t13-,18-/m1/s1. The third-order valence-corrected chi connectivity index (χ3v) is 5.44. The Balaban J connectivity index is 1.85. The fourth-order valence-electron chi connectivity index (χ4n) is 3.94. The summed E-state index contributed by atoms with van der Waals surface area (Å²) in [5.74, 6) is -0.0996. The SMILES string of the molecule is C=CCN1CC[C@]2(CN(C(=O)c3cccn(C)c3=O)C[C@H]2C)C1=O. The Kier molecular flexibility index (Phi) is 4.07. The molecule has 1 aromatic rings. The predicted molar refractivity (Wildman–Crippen MR) is 90.6 cm³/mol. The summed E-state index contributed by atoms with van der Waals surface area (Å²) >= 11 is 0. The molecule has 0 N–H and O–H groups in total. The number of likely N-dealkylation sites (tertiary alicyclic amines) is 2. The quantitative estimate of drug-likeness (QED) is 0.774. The van der Waals surface area contributed by atoms with Crippen LogP contribution in [0.5, 0.6) is 0 Å². The molecule has 6 nitrogen and oxygen atoms in total. The Morgan fingerprint density at radius 3 is 2.92 bits per heavy atom. The number of carbonyl (C=O) groups excluding carboxylic acids is 2. The molecule has 2 fully saturated rings. The minimum absolute atomic E-state index is 0.0799. The molecule has 2 amide bonds. The molecule has 3 heterocycles. The van der Waals surface area contributed by atoms with Crippen molar-refractivity contribution in [2.75, 3.05) is 26.2 Å². The summed E-state index contributed by atoms with van der Waals surface area (Å²) in [5, 5.41) is 0. The van der Waals surface area contributed by atoms with Gasteiger partial charge in [0.15, 0.2) is 0 Å². The van der Waals surface area contributed by atoms with Crippen molar-refractivity contribution in [3.8, 4) is 0 Å². The fraction of sp³-hybridized carbons (Fsp3) is 0.500. The van der Waals surface area contributed by atoms with Crippen molar-refractivity contribution in [1.29, 1.82) is 0 Å². The molecule has 0 aliphatic carbocycles. The second-order valence-electron chi connectivity index (χ2n) is 6.87. The fourth-order valence-corrected chi connectivity index (χ4v) is 3.94. The van der Waals surface area contributed by atoms with Gasteiger partial charge in [-0.15, -0.1) is 6.58 Å². The van der Waals surface area contributed by atoms with E-state index in [1.54, 1.807) is 41.3 Å². The molecule has 2 atom stereocenters. The van der Waals surface area contributed by atoms with Gasteiger partial charge < -0.3 is 14.4 Å². The largest absolute Gasteiger partial charge is 0.338 e. The van der Waals surface area contributed by atoms with Crippen LogP contribution in [0.4, 0.5) is 0 Å². The highest BCUT2D eigenvalue weighted by Gasteiger charge is 2.55. The van der Waals surface area contributed by atoms with Gasteiger partial charge in [-0.05, 0) is 24.5 Å². The average molecular weight is 329 g/mol. The van der Waals surface area contributed by atoms with Crippen LogP contribution in [0.2, 0.25) is 0 Å². The molecule has 3 rings (SSSR count). The molecule has 2 saturated heterocycles. The summed E-state index contributed by atoms with van der Waals surface area (Å²) < 4.78 is 1.40. The highest BCUT2D eigenvalue weighted by Crippen LogP contribution is 2.44. The first-order chi connectivity index (χ1) is 11.4. The first kappa shape index (κ1) is 16.5. The third-order valence-electron chi connectivity index (χ3n) is 5.44. The summed E-state index contributed by atoms with van der Waals surface area (Å²) in [4.78, 5) is 41.3.